The van der Waals surface area contributed by atoms with Gasteiger partial charge in [-0.3, -0.25) is 9.88 Å². The Labute approximate surface area is 128 Å². The van der Waals surface area contributed by atoms with Gasteiger partial charge in [0.05, 0.1) is 24.8 Å². The van der Waals surface area contributed by atoms with Gasteiger partial charge in [0.2, 0.25) is 0 Å². The Morgan fingerprint density at radius 2 is 2.14 bits per heavy atom. The zero-order valence-corrected chi connectivity index (χ0v) is 12.3. The number of fused-ring (bicyclic) bond motifs is 1. The summed E-state index contributed by atoms with van der Waals surface area (Å²) in [5, 5.41) is 14.2. The van der Waals surface area contributed by atoms with E-state index in [1.54, 1.807) is 12.3 Å². The maximum absolute atomic E-state index is 13.2. The van der Waals surface area contributed by atoms with Crippen LogP contribution in [0.1, 0.15) is 0 Å². The van der Waals surface area contributed by atoms with Crippen molar-refractivity contribution in [3.63, 3.8) is 0 Å². The van der Waals surface area contributed by atoms with Crippen LogP contribution in [0.15, 0.2) is 30.5 Å². The molecule has 1 fully saturated rings. The number of anilines is 1. The fourth-order valence-corrected chi connectivity index (χ4v) is 2.65. The van der Waals surface area contributed by atoms with E-state index < -0.39 is 6.10 Å². The van der Waals surface area contributed by atoms with Crippen molar-refractivity contribution in [2.45, 2.75) is 6.10 Å². The summed E-state index contributed by atoms with van der Waals surface area (Å²) in [6, 6.07) is 6.36. The molecule has 0 radical (unpaired) electrons. The van der Waals surface area contributed by atoms with Crippen molar-refractivity contribution in [1.82, 2.24) is 9.88 Å². The van der Waals surface area contributed by atoms with Crippen molar-refractivity contribution >= 4 is 16.6 Å². The average molecular weight is 305 g/mol. The largest absolute Gasteiger partial charge is 0.390 e. The number of nitrogens with one attached hydrogen (secondary N) is 1. The zero-order chi connectivity index (χ0) is 15.4. The Hall–Kier alpha value is -1.76. The number of morpholine rings is 1. The number of benzene rings is 1. The minimum absolute atomic E-state index is 0.301. The lowest BCUT2D eigenvalue weighted by molar-refractivity contribution is 0.0171. The molecule has 1 unspecified atom stereocenters. The number of ether oxygens (including phenoxy) is 1. The van der Waals surface area contributed by atoms with E-state index in [9.17, 15) is 9.50 Å². The van der Waals surface area contributed by atoms with E-state index in [1.807, 2.05) is 6.07 Å². The number of aliphatic hydroxyl groups is 1. The van der Waals surface area contributed by atoms with E-state index in [1.165, 1.54) is 12.1 Å². The van der Waals surface area contributed by atoms with E-state index in [2.05, 4.69) is 15.2 Å². The second-order valence-corrected chi connectivity index (χ2v) is 5.47. The molecule has 0 amide bonds. The lowest BCUT2D eigenvalue weighted by Gasteiger charge is -2.28. The first-order valence-electron chi connectivity index (χ1n) is 7.49. The van der Waals surface area contributed by atoms with E-state index in [0.29, 0.717) is 18.6 Å². The molecule has 5 nitrogen and oxygen atoms in total. The molecular weight excluding hydrogens is 285 g/mol. The standard InChI is InChI=1S/C16H20FN3O2/c17-12-1-2-14-15(3-4-18-16(14)9-12)19-10-13(21)11-20-5-7-22-8-6-20/h1-4,9,13,21H,5-8,10-11H2,(H,18,19). The molecule has 118 valence electrons. The highest BCUT2D eigenvalue weighted by Gasteiger charge is 2.15. The first-order chi connectivity index (χ1) is 10.7. The van der Waals surface area contributed by atoms with Crippen LogP contribution in [0.25, 0.3) is 10.9 Å². The third-order valence-corrected chi connectivity index (χ3v) is 3.81. The number of halogens is 1. The topological polar surface area (TPSA) is 57.6 Å². The van der Waals surface area contributed by atoms with Gasteiger partial charge >= 0.3 is 0 Å². The van der Waals surface area contributed by atoms with Crippen molar-refractivity contribution in [3.8, 4) is 0 Å². The van der Waals surface area contributed by atoms with Gasteiger partial charge in [-0.25, -0.2) is 4.39 Å². The summed E-state index contributed by atoms with van der Waals surface area (Å²) in [4.78, 5) is 6.35. The summed E-state index contributed by atoms with van der Waals surface area (Å²) in [5.74, 6) is -0.301. The maximum Gasteiger partial charge on any atom is 0.125 e. The fourth-order valence-electron chi connectivity index (χ4n) is 2.65. The highest BCUT2D eigenvalue weighted by molar-refractivity contribution is 5.90. The Morgan fingerprint density at radius 1 is 1.32 bits per heavy atom. The molecule has 1 aliphatic rings. The molecule has 0 saturated carbocycles. The van der Waals surface area contributed by atoms with Gasteiger partial charge in [0, 0.05) is 49.5 Å². The van der Waals surface area contributed by atoms with Gasteiger partial charge in [-0.05, 0) is 18.2 Å². The molecule has 0 aliphatic carbocycles. The molecule has 2 N–H and O–H groups in total. The lowest BCUT2D eigenvalue weighted by atomic mass is 10.2. The summed E-state index contributed by atoms with van der Waals surface area (Å²) >= 11 is 0. The van der Waals surface area contributed by atoms with Crippen LogP contribution in [-0.2, 0) is 4.74 Å². The van der Waals surface area contributed by atoms with E-state index in [4.69, 9.17) is 4.74 Å². The van der Waals surface area contributed by atoms with Gasteiger partial charge in [-0.2, -0.15) is 0 Å². The summed E-state index contributed by atoms with van der Waals surface area (Å²) in [6.45, 7) is 4.21. The number of hydrogen-bond acceptors (Lipinski definition) is 5. The Bertz CT molecular complexity index is 632. The number of pyridine rings is 1. The molecule has 1 aromatic carbocycles. The monoisotopic (exact) mass is 305 g/mol. The van der Waals surface area contributed by atoms with Crippen LogP contribution in [0, 0.1) is 5.82 Å². The number of nitrogens with zero attached hydrogens (tertiary/aromatic N) is 2. The molecule has 22 heavy (non-hydrogen) atoms. The zero-order valence-electron chi connectivity index (χ0n) is 12.3. The van der Waals surface area contributed by atoms with Crippen LogP contribution < -0.4 is 5.32 Å². The van der Waals surface area contributed by atoms with Gasteiger partial charge in [0.1, 0.15) is 5.82 Å². The SMILES string of the molecule is OC(CNc1ccnc2cc(F)ccc12)CN1CCOCC1. The number of hydrogen-bond donors (Lipinski definition) is 2. The average Bonchev–Trinajstić information content (AvgIpc) is 2.53. The second-order valence-electron chi connectivity index (χ2n) is 5.47. The number of aliphatic hydroxyl groups excluding tert-OH is 1. The molecule has 0 bridgehead atoms. The molecule has 1 saturated heterocycles. The van der Waals surface area contributed by atoms with Crippen molar-refractivity contribution in [2.24, 2.45) is 0 Å². The molecule has 0 spiro atoms. The summed E-state index contributed by atoms with van der Waals surface area (Å²) in [6.07, 6.45) is 1.17. The van der Waals surface area contributed by atoms with Crippen LogP contribution >= 0.6 is 0 Å². The van der Waals surface area contributed by atoms with Crippen LogP contribution in [-0.4, -0.2) is 60.5 Å². The first-order valence-corrected chi connectivity index (χ1v) is 7.49. The smallest absolute Gasteiger partial charge is 0.125 e. The molecule has 1 atom stereocenters. The lowest BCUT2D eigenvalue weighted by Crippen LogP contribution is -2.42. The normalized spacial score (nSPS) is 17.5. The van der Waals surface area contributed by atoms with Gasteiger partial charge < -0.3 is 15.2 Å². The minimum Gasteiger partial charge on any atom is -0.390 e. The minimum atomic E-state index is -0.471. The summed E-state index contributed by atoms with van der Waals surface area (Å²) in [7, 11) is 0. The highest BCUT2D eigenvalue weighted by atomic mass is 19.1. The molecule has 2 aromatic rings. The highest BCUT2D eigenvalue weighted by Crippen LogP contribution is 2.22. The maximum atomic E-state index is 13.2. The van der Waals surface area contributed by atoms with Crippen LogP contribution in [0.5, 0.6) is 0 Å². The van der Waals surface area contributed by atoms with Crippen molar-refractivity contribution in [1.29, 1.82) is 0 Å². The third-order valence-electron chi connectivity index (χ3n) is 3.81. The van der Waals surface area contributed by atoms with Crippen LogP contribution in [0.4, 0.5) is 10.1 Å². The third kappa shape index (κ3) is 3.71. The first kappa shape index (κ1) is 15.1. The summed E-state index contributed by atoms with van der Waals surface area (Å²) in [5.41, 5.74) is 1.46. The molecule has 6 heteroatoms. The molecule has 1 aliphatic heterocycles. The molecule has 2 heterocycles. The Morgan fingerprint density at radius 3 is 2.95 bits per heavy atom. The van der Waals surface area contributed by atoms with Crippen molar-refractivity contribution in [2.75, 3.05) is 44.7 Å². The van der Waals surface area contributed by atoms with Crippen molar-refractivity contribution in [3.05, 3.63) is 36.3 Å². The molecule has 3 rings (SSSR count). The van der Waals surface area contributed by atoms with Gasteiger partial charge in [0.25, 0.3) is 0 Å². The van der Waals surface area contributed by atoms with E-state index in [0.717, 1.165) is 37.4 Å². The Balaban J connectivity index is 1.61. The van der Waals surface area contributed by atoms with E-state index >= 15 is 0 Å². The van der Waals surface area contributed by atoms with Crippen LogP contribution in [0.3, 0.4) is 0 Å². The second kappa shape index (κ2) is 7.00. The quantitative estimate of drug-likeness (QED) is 0.876. The Kier molecular flexibility index (Phi) is 4.82. The van der Waals surface area contributed by atoms with Crippen molar-refractivity contribution < 1.29 is 14.2 Å². The predicted molar refractivity (Wildman–Crippen MR) is 83.5 cm³/mol. The molecule has 1 aromatic heterocycles. The number of rotatable bonds is 5. The predicted octanol–water partition coefficient (Wildman–Crippen LogP) is 1.48. The van der Waals surface area contributed by atoms with E-state index in [-0.39, 0.29) is 5.82 Å². The van der Waals surface area contributed by atoms with Gasteiger partial charge in [0.15, 0.2) is 0 Å². The number of β-amino-alcohol motifs (C(OH)–C–C–N with tert-alkyl or cyclic N) is 1. The molecular formula is C16H20FN3O2. The summed E-state index contributed by atoms with van der Waals surface area (Å²) < 4.78 is 18.5. The van der Waals surface area contributed by atoms with Gasteiger partial charge in [-0.1, -0.05) is 0 Å². The van der Waals surface area contributed by atoms with Gasteiger partial charge in [-0.15, -0.1) is 0 Å². The van der Waals surface area contributed by atoms with Crippen LogP contribution in [0.2, 0.25) is 0 Å². The fraction of sp³-hybridized carbons (Fsp3) is 0.438. The number of aromatic nitrogens is 1.